The van der Waals surface area contributed by atoms with Gasteiger partial charge in [0.05, 0.1) is 25.4 Å². The molecule has 0 aromatic heterocycles. The number of ether oxygens (including phenoxy) is 4. The fourth-order valence-corrected chi connectivity index (χ4v) is 12.1. The van der Waals surface area contributed by atoms with E-state index in [1.54, 1.807) is 24.3 Å². The lowest BCUT2D eigenvalue weighted by atomic mass is 9.47. The second-order valence-corrected chi connectivity index (χ2v) is 17.3. The van der Waals surface area contributed by atoms with Crippen LogP contribution in [-0.4, -0.2) is 83.1 Å². The third-order valence-electron chi connectivity index (χ3n) is 14.9. The first-order valence-corrected chi connectivity index (χ1v) is 19.1. The molecule has 9 heteroatoms. The molecular weight excluding hydrogens is 622 g/mol. The summed E-state index contributed by atoms with van der Waals surface area (Å²) >= 11 is 0. The number of carbonyl (C=O) groups is 1. The van der Waals surface area contributed by atoms with Gasteiger partial charge in [-0.25, -0.2) is 0 Å². The molecule has 6 fully saturated rings. The van der Waals surface area contributed by atoms with Crippen LogP contribution in [0.1, 0.15) is 95.8 Å². The minimum atomic E-state index is -1.36. The van der Waals surface area contributed by atoms with Crippen LogP contribution in [-0.2, 0) is 18.9 Å². The molecule has 0 bridgehead atoms. The molecule has 1 spiro atoms. The lowest BCUT2D eigenvalue weighted by Crippen LogP contribution is -2.65. The number of benzene rings is 1. The molecule has 7 aliphatic rings. The molecular formula is C40H57NO8. The molecule has 9 nitrogen and oxygen atoms in total. The standard InChI is InChI=1S/C40H57NO8/c1-22-12-17-40(46-21-22)23(2)32-30(49-40)19-29-27-11-10-25-18-26(13-15-38(25,3)28(27)14-16-39(29,32)4)47-37-33(35(44)34(43)31(20-42)48-37)41-36(45)24-8-6-5-7-9-24/h5-10,22-23,26-35,37,42-44H,11-21H2,1-4H3,(H,41,45)/t22-,23+,26+,27-,28+,29+,30+,31-,32+,33-,34-,35-,37-,38+,39+,40-/m1/s1. The van der Waals surface area contributed by atoms with E-state index in [2.05, 4.69) is 39.1 Å². The van der Waals surface area contributed by atoms with Gasteiger partial charge in [-0.05, 0) is 104 Å². The zero-order chi connectivity index (χ0) is 34.3. The van der Waals surface area contributed by atoms with Crippen LogP contribution in [0.4, 0.5) is 0 Å². The zero-order valence-corrected chi connectivity index (χ0v) is 29.6. The van der Waals surface area contributed by atoms with E-state index >= 15 is 0 Å². The van der Waals surface area contributed by atoms with Crippen molar-refractivity contribution < 1.29 is 39.1 Å². The topological polar surface area (TPSA) is 127 Å². The van der Waals surface area contributed by atoms with Gasteiger partial charge in [0, 0.05) is 17.9 Å². The Morgan fingerprint density at radius 1 is 1.02 bits per heavy atom. The van der Waals surface area contributed by atoms with Crippen molar-refractivity contribution in [3.63, 3.8) is 0 Å². The molecule has 0 radical (unpaired) electrons. The van der Waals surface area contributed by atoms with Crippen LogP contribution in [0.3, 0.4) is 0 Å². The smallest absolute Gasteiger partial charge is 0.251 e. The number of amides is 1. The van der Waals surface area contributed by atoms with Crippen LogP contribution >= 0.6 is 0 Å². The highest BCUT2D eigenvalue weighted by atomic mass is 16.7. The van der Waals surface area contributed by atoms with Gasteiger partial charge >= 0.3 is 0 Å². The van der Waals surface area contributed by atoms with Crippen LogP contribution in [0.2, 0.25) is 0 Å². The monoisotopic (exact) mass is 679 g/mol. The maximum atomic E-state index is 13.1. The van der Waals surface area contributed by atoms with Gasteiger partial charge in [-0.15, -0.1) is 0 Å². The van der Waals surface area contributed by atoms with Crippen LogP contribution in [0.5, 0.6) is 0 Å². The van der Waals surface area contributed by atoms with Gasteiger partial charge in [0.15, 0.2) is 12.1 Å². The van der Waals surface area contributed by atoms with Gasteiger partial charge in [-0.1, -0.05) is 57.5 Å². The average molecular weight is 680 g/mol. The summed E-state index contributed by atoms with van der Waals surface area (Å²) in [4.78, 5) is 13.1. The van der Waals surface area contributed by atoms with Crippen LogP contribution in [0.25, 0.3) is 0 Å². The van der Waals surface area contributed by atoms with E-state index in [4.69, 9.17) is 18.9 Å². The van der Waals surface area contributed by atoms with E-state index < -0.39 is 37.3 Å². The molecule has 1 amide bonds. The Morgan fingerprint density at radius 2 is 1.82 bits per heavy atom. The van der Waals surface area contributed by atoms with Crippen molar-refractivity contribution in [3.8, 4) is 0 Å². The van der Waals surface area contributed by atoms with E-state index in [9.17, 15) is 20.1 Å². The fraction of sp³-hybridized carbons (Fsp3) is 0.775. The maximum Gasteiger partial charge on any atom is 0.251 e. The minimum absolute atomic E-state index is 0.107. The minimum Gasteiger partial charge on any atom is -0.394 e. The molecule has 3 heterocycles. The van der Waals surface area contributed by atoms with E-state index in [0.717, 1.165) is 45.1 Å². The molecule has 49 heavy (non-hydrogen) atoms. The Hall–Kier alpha value is -1.85. The van der Waals surface area contributed by atoms with Crippen LogP contribution in [0, 0.1) is 46.3 Å². The Balaban J connectivity index is 0.968. The van der Waals surface area contributed by atoms with Gasteiger partial charge < -0.3 is 39.6 Å². The van der Waals surface area contributed by atoms with Crippen molar-refractivity contribution in [1.82, 2.24) is 5.32 Å². The van der Waals surface area contributed by atoms with E-state index in [0.29, 0.717) is 47.2 Å². The summed E-state index contributed by atoms with van der Waals surface area (Å²) < 4.78 is 26.1. The Labute approximate surface area is 291 Å². The Kier molecular flexibility index (Phi) is 8.86. The first-order chi connectivity index (χ1) is 23.5. The molecule has 1 aromatic rings. The van der Waals surface area contributed by atoms with Crippen molar-refractivity contribution in [2.75, 3.05) is 13.2 Å². The number of aliphatic hydroxyl groups is 3. The third kappa shape index (κ3) is 5.48. The summed E-state index contributed by atoms with van der Waals surface area (Å²) in [7, 11) is 0. The maximum absolute atomic E-state index is 13.1. The fourth-order valence-electron chi connectivity index (χ4n) is 12.1. The second-order valence-electron chi connectivity index (χ2n) is 17.3. The Morgan fingerprint density at radius 3 is 2.55 bits per heavy atom. The predicted molar refractivity (Wildman–Crippen MR) is 182 cm³/mol. The third-order valence-corrected chi connectivity index (χ3v) is 14.9. The van der Waals surface area contributed by atoms with Crippen molar-refractivity contribution in [3.05, 3.63) is 47.5 Å². The average Bonchev–Trinajstić information content (AvgIpc) is 3.55. The Bertz CT molecular complexity index is 1410. The molecule has 4 N–H and O–H groups in total. The number of carbonyl (C=O) groups excluding carboxylic acids is 1. The zero-order valence-electron chi connectivity index (χ0n) is 29.6. The normalized spacial score (nSPS) is 50.5. The first-order valence-electron chi connectivity index (χ1n) is 19.1. The number of rotatable bonds is 5. The SMILES string of the molecule is C[C@@H]1CC[C@@]2(OC1)O[C@H]1C[C@H]3[C@@H]4CC=C5C[C@@H](O[C@@H]6O[C@H](CO)[C@@H](O)[C@H](O)[C@H]6NC(=O)c6ccccc6)CC[C@]5(C)[C@H]4CC[C@]3(C)[C@H]1[C@@H]2C. The number of hydrogen-bond donors (Lipinski definition) is 4. The molecule has 270 valence electrons. The molecule has 8 rings (SSSR count). The summed E-state index contributed by atoms with van der Waals surface area (Å²) in [5.74, 6) is 2.74. The number of aliphatic hydroxyl groups excluding tert-OH is 3. The molecule has 3 saturated heterocycles. The number of fused-ring (bicyclic) bond motifs is 7. The van der Waals surface area contributed by atoms with Crippen molar-refractivity contribution in [2.45, 2.75) is 134 Å². The van der Waals surface area contributed by atoms with Gasteiger partial charge in [0.2, 0.25) is 0 Å². The van der Waals surface area contributed by atoms with E-state index in [-0.39, 0.29) is 28.6 Å². The summed E-state index contributed by atoms with van der Waals surface area (Å²) in [6.07, 6.45) is 7.44. The molecule has 0 unspecified atom stereocenters. The molecule has 3 saturated carbocycles. The van der Waals surface area contributed by atoms with Gasteiger partial charge in [0.1, 0.15) is 24.4 Å². The highest BCUT2D eigenvalue weighted by Gasteiger charge is 2.68. The lowest BCUT2D eigenvalue weighted by Gasteiger charge is -2.58. The van der Waals surface area contributed by atoms with Crippen LogP contribution < -0.4 is 5.32 Å². The second kappa shape index (κ2) is 12.7. The van der Waals surface area contributed by atoms with Crippen LogP contribution in [0.15, 0.2) is 42.0 Å². The largest absolute Gasteiger partial charge is 0.394 e. The number of allylic oxidation sites excluding steroid dienone is 1. The first kappa shape index (κ1) is 34.2. The van der Waals surface area contributed by atoms with Crippen molar-refractivity contribution in [1.29, 1.82) is 0 Å². The highest BCUT2D eigenvalue weighted by molar-refractivity contribution is 5.94. The lowest BCUT2D eigenvalue weighted by molar-refractivity contribution is -0.283. The van der Waals surface area contributed by atoms with E-state index in [1.807, 2.05) is 6.07 Å². The number of nitrogens with one attached hydrogen (secondary N) is 1. The molecule has 16 atom stereocenters. The quantitative estimate of drug-likeness (QED) is 0.322. The molecule has 3 aliphatic heterocycles. The predicted octanol–water partition coefficient (Wildman–Crippen LogP) is 4.98. The molecule has 1 aromatic carbocycles. The summed E-state index contributed by atoms with van der Waals surface area (Å²) in [5.41, 5.74) is 2.28. The molecule has 4 aliphatic carbocycles. The highest BCUT2D eigenvalue weighted by Crippen LogP contribution is 2.70. The number of hydrogen-bond acceptors (Lipinski definition) is 8. The van der Waals surface area contributed by atoms with E-state index in [1.165, 1.54) is 24.8 Å². The summed E-state index contributed by atoms with van der Waals surface area (Å²) in [5, 5.41) is 34.5. The van der Waals surface area contributed by atoms with Gasteiger partial charge in [0.25, 0.3) is 5.91 Å². The van der Waals surface area contributed by atoms with Crippen molar-refractivity contribution >= 4 is 5.91 Å². The van der Waals surface area contributed by atoms with Gasteiger partial charge in [-0.2, -0.15) is 0 Å². The van der Waals surface area contributed by atoms with Crippen molar-refractivity contribution in [2.24, 2.45) is 46.3 Å². The summed E-state index contributed by atoms with van der Waals surface area (Å²) in [6, 6.07) is 7.78. The summed E-state index contributed by atoms with van der Waals surface area (Å²) in [6.45, 7) is 10.1. The van der Waals surface area contributed by atoms with Gasteiger partial charge in [-0.3, -0.25) is 4.79 Å².